The van der Waals surface area contributed by atoms with Gasteiger partial charge in [0.2, 0.25) is 0 Å². The zero-order chi connectivity index (χ0) is 20.6. The van der Waals surface area contributed by atoms with Crippen LogP contribution in [-0.2, 0) is 9.59 Å². The smallest absolute Gasteiger partial charge is 0.265 e. The third kappa shape index (κ3) is 3.43. The Balaban J connectivity index is 2.06. The number of nitrogens with one attached hydrogen (secondary N) is 1. The minimum atomic E-state index is -0.480. The zero-order valence-electron chi connectivity index (χ0n) is 16.5. The summed E-state index contributed by atoms with van der Waals surface area (Å²) in [6.45, 7) is 12.0. The van der Waals surface area contributed by atoms with Crippen molar-refractivity contribution >= 4 is 35.2 Å². The van der Waals surface area contributed by atoms with E-state index >= 15 is 0 Å². The largest absolute Gasteiger partial charge is 0.318 e. The Morgan fingerprint density at radius 3 is 2.46 bits per heavy atom. The average Bonchev–Trinajstić information content (AvgIpc) is 2.91. The maximum absolute atomic E-state index is 12.8. The molecule has 1 aliphatic rings. The third-order valence-corrected chi connectivity index (χ3v) is 5.34. The van der Waals surface area contributed by atoms with Crippen molar-refractivity contribution in [1.29, 1.82) is 0 Å². The Hall–Kier alpha value is -2.99. The van der Waals surface area contributed by atoms with Crippen LogP contribution in [0, 0.1) is 27.7 Å². The van der Waals surface area contributed by atoms with Crippen LogP contribution in [-0.4, -0.2) is 32.9 Å². The lowest BCUT2D eigenvalue weighted by molar-refractivity contribution is -0.128. The lowest BCUT2D eigenvalue weighted by Crippen LogP contribution is -2.53. The Morgan fingerprint density at radius 2 is 1.82 bits per heavy atom. The monoisotopic (exact) mass is 393 g/mol. The van der Waals surface area contributed by atoms with Gasteiger partial charge in [-0.2, -0.15) is 0 Å². The fraction of sp³-hybridized carbons (Fsp3) is 0.227. The highest BCUT2D eigenvalue weighted by atomic mass is 32.1. The molecule has 0 bridgehead atoms. The predicted molar refractivity (Wildman–Crippen MR) is 115 cm³/mol. The standard InChI is InChI=1S/C22H23N3O2S/c1-6-9-24-21(27)19(20(26)23-22(24)28)12-17-11-15(4)25(16(17)5)18-8-7-13(2)14(3)10-18/h6-8,10-12H,1,9H2,2-5H3,(H,23,26,28)/b19-12+. The number of amides is 2. The molecule has 1 aromatic carbocycles. The minimum Gasteiger partial charge on any atom is -0.318 e. The van der Waals surface area contributed by atoms with Crippen LogP contribution in [0.5, 0.6) is 0 Å². The predicted octanol–water partition coefficient (Wildman–Crippen LogP) is 3.52. The summed E-state index contributed by atoms with van der Waals surface area (Å²) in [6.07, 6.45) is 3.21. The summed E-state index contributed by atoms with van der Waals surface area (Å²) in [6, 6.07) is 8.27. The van der Waals surface area contributed by atoms with E-state index in [-0.39, 0.29) is 17.2 Å². The lowest BCUT2D eigenvalue weighted by atomic mass is 10.1. The molecular weight excluding hydrogens is 370 g/mol. The number of rotatable bonds is 4. The number of nitrogens with zero attached hydrogens (tertiary/aromatic N) is 2. The van der Waals surface area contributed by atoms with Crippen molar-refractivity contribution in [3.63, 3.8) is 0 Å². The summed E-state index contributed by atoms with van der Waals surface area (Å²) in [5.41, 5.74) is 6.36. The molecule has 0 radical (unpaired) electrons. The van der Waals surface area contributed by atoms with Gasteiger partial charge in [-0.05, 0) is 80.9 Å². The maximum Gasteiger partial charge on any atom is 0.265 e. The van der Waals surface area contributed by atoms with Gasteiger partial charge in [0, 0.05) is 23.6 Å². The molecule has 1 N–H and O–H groups in total. The molecule has 1 fully saturated rings. The van der Waals surface area contributed by atoms with Crippen molar-refractivity contribution in [2.45, 2.75) is 27.7 Å². The molecule has 1 saturated heterocycles. The van der Waals surface area contributed by atoms with Gasteiger partial charge in [-0.3, -0.25) is 19.8 Å². The first kappa shape index (κ1) is 19.8. The fourth-order valence-electron chi connectivity index (χ4n) is 3.34. The lowest BCUT2D eigenvalue weighted by Gasteiger charge is -2.27. The van der Waals surface area contributed by atoms with Crippen LogP contribution in [0.25, 0.3) is 11.8 Å². The van der Waals surface area contributed by atoms with Crippen molar-refractivity contribution in [3.05, 3.63) is 70.6 Å². The molecule has 1 aromatic heterocycles. The first-order valence-electron chi connectivity index (χ1n) is 9.01. The van der Waals surface area contributed by atoms with Gasteiger partial charge in [0.05, 0.1) is 0 Å². The number of thiocarbonyl (C=S) groups is 1. The molecule has 28 heavy (non-hydrogen) atoms. The van der Waals surface area contributed by atoms with E-state index < -0.39 is 11.8 Å². The molecule has 0 unspecified atom stereocenters. The van der Waals surface area contributed by atoms with Gasteiger partial charge < -0.3 is 4.57 Å². The Labute approximate surface area is 170 Å². The molecule has 0 aliphatic carbocycles. The summed E-state index contributed by atoms with van der Waals surface area (Å²) >= 11 is 5.10. The van der Waals surface area contributed by atoms with E-state index in [9.17, 15) is 9.59 Å². The van der Waals surface area contributed by atoms with E-state index in [1.54, 1.807) is 12.2 Å². The summed E-state index contributed by atoms with van der Waals surface area (Å²) in [4.78, 5) is 26.5. The number of hydrogen-bond acceptors (Lipinski definition) is 3. The Morgan fingerprint density at radius 1 is 1.11 bits per heavy atom. The number of carbonyl (C=O) groups excluding carboxylic acids is 2. The van der Waals surface area contributed by atoms with Gasteiger partial charge in [0.25, 0.3) is 11.8 Å². The summed E-state index contributed by atoms with van der Waals surface area (Å²) < 4.78 is 2.12. The van der Waals surface area contributed by atoms with Crippen molar-refractivity contribution in [2.75, 3.05) is 6.54 Å². The van der Waals surface area contributed by atoms with Crippen LogP contribution < -0.4 is 5.32 Å². The highest BCUT2D eigenvalue weighted by Gasteiger charge is 2.32. The van der Waals surface area contributed by atoms with Crippen LogP contribution in [0.3, 0.4) is 0 Å². The SMILES string of the molecule is C=CCN1C(=O)/C(=C/c2cc(C)n(-c3ccc(C)c(C)c3)c2C)C(=O)NC1=S. The normalized spacial score (nSPS) is 15.9. The highest BCUT2D eigenvalue weighted by Crippen LogP contribution is 2.25. The topological polar surface area (TPSA) is 54.3 Å². The number of aromatic nitrogens is 1. The van der Waals surface area contributed by atoms with Crippen molar-refractivity contribution in [2.24, 2.45) is 0 Å². The van der Waals surface area contributed by atoms with Crippen molar-refractivity contribution in [3.8, 4) is 5.69 Å². The molecular formula is C22H23N3O2S. The van der Waals surface area contributed by atoms with Crippen molar-refractivity contribution < 1.29 is 9.59 Å². The highest BCUT2D eigenvalue weighted by molar-refractivity contribution is 7.80. The van der Waals surface area contributed by atoms with E-state index in [4.69, 9.17) is 12.2 Å². The van der Waals surface area contributed by atoms with Gasteiger partial charge >= 0.3 is 0 Å². The molecule has 1 aliphatic heterocycles. The summed E-state index contributed by atoms with van der Waals surface area (Å²) in [7, 11) is 0. The van der Waals surface area contributed by atoms with Crippen molar-refractivity contribution in [1.82, 2.24) is 14.8 Å². The molecule has 3 rings (SSSR count). The minimum absolute atomic E-state index is 0.0655. The summed E-state index contributed by atoms with van der Waals surface area (Å²) in [5.74, 6) is -0.893. The molecule has 0 saturated carbocycles. The number of hydrogen-bond donors (Lipinski definition) is 1. The average molecular weight is 394 g/mol. The van der Waals surface area contributed by atoms with Gasteiger partial charge in [0.15, 0.2) is 5.11 Å². The molecule has 0 spiro atoms. The van der Waals surface area contributed by atoms with Crippen LogP contribution >= 0.6 is 12.2 Å². The second kappa shape index (κ2) is 7.56. The van der Waals surface area contributed by atoms with E-state index in [0.717, 1.165) is 22.6 Å². The van der Waals surface area contributed by atoms with E-state index in [2.05, 4.69) is 48.5 Å². The fourth-order valence-corrected chi connectivity index (χ4v) is 3.59. The number of aryl methyl sites for hydroxylation is 3. The quantitative estimate of drug-likeness (QED) is 0.374. The van der Waals surface area contributed by atoms with E-state index in [1.165, 1.54) is 16.0 Å². The Bertz CT molecular complexity index is 1050. The summed E-state index contributed by atoms with van der Waals surface area (Å²) in [5, 5.41) is 2.68. The molecule has 2 aromatic rings. The number of carbonyl (C=O) groups is 2. The van der Waals surface area contributed by atoms with Gasteiger partial charge in [-0.1, -0.05) is 12.1 Å². The zero-order valence-corrected chi connectivity index (χ0v) is 17.3. The molecule has 2 amide bonds. The van der Waals surface area contributed by atoms with Gasteiger partial charge in [-0.25, -0.2) is 0 Å². The van der Waals surface area contributed by atoms with Crippen LogP contribution in [0.15, 0.2) is 42.5 Å². The Kier molecular flexibility index (Phi) is 5.34. The van der Waals surface area contributed by atoms with Crippen LogP contribution in [0.4, 0.5) is 0 Å². The van der Waals surface area contributed by atoms with Crippen LogP contribution in [0.2, 0.25) is 0 Å². The van der Waals surface area contributed by atoms with Gasteiger partial charge in [-0.15, -0.1) is 6.58 Å². The second-order valence-corrected chi connectivity index (χ2v) is 7.34. The molecule has 6 heteroatoms. The first-order chi connectivity index (χ1) is 13.2. The van der Waals surface area contributed by atoms with Crippen LogP contribution in [0.1, 0.15) is 28.1 Å². The molecule has 0 atom stereocenters. The van der Waals surface area contributed by atoms with Gasteiger partial charge in [0.1, 0.15) is 5.57 Å². The number of benzene rings is 1. The molecule has 144 valence electrons. The third-order valence-electron chi connectivity index (χ3n) is 5.02. The first-order valence-corrected chi connectivity index (χ1v) is 9.41. The van der Waals surface area contributed by atoms with E-state index in [1.807, 2.05) is 19.9 Å². The maximum atomic E-state index is 12.8. The second-order valence-electron chi connectivity index (χ2n) is 6.95. The molecule has 2 heterocycles. The van der Waals surface area contributed by atoms with E-state index in [0.29, 0.717) is 0 Å². The molecule has 5 nitrogen and oxygen atoms in total.